The van der Waals surface area contributed by atoms with Crippen molar-refractivity contribution >= 4 is 11.9 Å². The lowest BCUT2D eigenvalue weighted by molar-refractivity contribution is -0.238. The predicted octanol–water partition coefficient (Wildman–Crippen LogP) is 2.55. The van der Waals surface area contributed by atoms with Crippen molar-refractivity contribution in [3.8, 4) is 0 Å². The Balaban J connectivity index is 2.06. The fourth-order valence-corrected chi connectivity index (χ4v) is 3.93. The number of carbonyl (C=O) groups is 2. The van der Waals surface area contributed by atoms with Crippen LogP contribution in [0, 0.1) is 5.92 Å². The van der Waals surface area contributed by atoms with Crippen molar-refractivity contribution in [1.29, 1.82) is 0 Å². The van der Waals surface area contributed by atoms with Gasteiger partial charge in [-0.3, -0.25) is 4.79 Å². The van der Waals surface area contributed by atoms with Crippen LogP contribution in [0.25, 0.3) is 0 Å². The van der Waals surface area contributed by atoms with Crippen LogP contribution in [0.4, 0.5) is 0 Å². The number of esters is 2. The molecule has 154 valence electrons. The van der Waals surface area contributed by atoms with E-state index >= 15 is 0 Å². The largest absolute Gasteiger partial charge is 0.489 e. The van der Waals surface area contributed by atoms with Gasteiger partial charge in [-0.15, -0.1) is 0 Å². The zero-order chi connectivity index (χ0) is 20.7. The first-order valence-corrected chi connectivity index (χ1v) is 9.53. The number of fused-ring (bicyclic) bond motifs is 3. The molecule has 0 spiro atoms. The third-order valence-electron chi connectivity index (χ3n) is 5.58. The highest BCUT2D eigenvalue weighted by atomic mass is 16.6. The van der Waals surface area contributed by atoms with Crippen LogP contribution in [-0.4, -0.2) is 47.8 Å². The zero-order valence-corrected chi connectivity index (χ0v) is 16.9. The Morgan fingerprint density at radius 2 is 2.07 bits per heavy atom. The molecule has 3 aliphatic rings. The van der Waals surface area contributed by atoms with E-state index in [-0.39, 0.29) is 24.7 Å². The first-order chi connectivity index (χ1) is 13.0. The summed E-state index contributed by atoms with van der Waals surface area (Å²) in [7, 11) is 0. The van der Waals surface area contributed by atoms with Crippen LogP contribution >= 0.6 is 0 Å². The van der Waals surface area contributed by atoms with Crippen LogP contribution in [0.5, 0.6) is 0 Å². The highest BCUT2D eigenvalue weighted by Gasteiger charge is 2.51. The van der Waals surface area contributed by atoms with Gasteiger partial charge in [-0.05, 0) is 32.8 Å². The SMILES string of the molecule is C=C(C)C(=O)O[C@H]1C[C@@H](C)[C@]2(O)CC[C@](C)(/C=C3/OCC(COC(C)=O)=C31)O2. The van der Waals surface area contributed by atoms with Gasteiger partial charge in [-0.2, -0.15) is 0 Å². The van der Waals surface area contributed by atoms with Crippen LogP contribution in [-0.2, 0) is 28.5 Å². The maximum atomic E-state index is 12.3. The van der Waals surface area contributed by atoms with E-state index in [4.69, 9.17) is 18.9 Å². The van der Waals surface area contributed by atoms with E-state index in [0.717, 1.165) is 5.57 Å². The Kier molecular flexibility index (Phi) is 5.42. The van der Waals surface area contributed by atoms with Gasteiger partial charge in [0.2, 0.25) is 0 Å². The van der Waals surface area contributed by atoms with Gasteiger partial charge in [-0.25, -0.2) is 4.79 Å². The second-order valence-corrected chi connectivity index (χ2v) is 8.17. The lowest BCUT2D eigenvalue weighted by Gasteiger charge is -2.33. The van der Waals surface area contributed by atoms with E-state index in [9.17, 15) is 14.7 Å². The Morgan fingerprint density at radius 1 is 1.36 bits per heavy atom. The molecule has 0 saturated carbocycles. The number of hydrogen-bond donors (Lipinski definition) is 1. The average Bonchev–Trinajstić information content (AvgIpc) is 3.13. The van der Waals surface area contributed by atoms with Gasteiger partial charge in [0.05, 0.1) is 5.60 Å². The summed E-state index contributed by atoms with van der Waals surface area (Å²) in [5.74, 6) is -1.99. The normalized spacial score (nSPS) is 36.2. The molecule has 28 heavy (non-hydrogen) atoms. The molecule has 3 rings (SSSR count). The quantitative estimate of drug-likeness (QED) is 0.581. The maximum absolute atomic E-state index is 12.3. The molecule has 4 atom stereocenters. The molecule has 2 bridgehead atoms. The minimum Gasteiger partial charge on any atom is -0.489 e. The summed E-state index contributed by atoms with van der Waals surface area (Å²) >= 11 is 0. The van der Waals surface area contributed by atoms with Crippen LogP contribution < -0.4 is 0 Å². The average molecular weight is 392 g/mol. The van der Waals surface area contributed by atoms with Crippen molar-refractivity contribution in [3.05, 3.63) is 35.1 Å². The molecule has 7 heteroatoms. The summed E-state index contributed by atoms with van der Waals surface area (Å²) in [6.07, 6.45) is 2.62. The summed E-state index contributed by atoms with van der Waals surface area (Å²) < 4.78 is 22.8. The molecule has 3 aliphatic heterocycles. The van der Waals surface area contributed by atoms with Crippen molar-refractivity contribution in [1.82, 2.24) is 0 Å². The van der Waals surface area contributed by atoms with Gasteiger partial charge < -0.3 is 24.1 Å². The van der Waals surface area contributed by atoms with Crippen molar-refractivity contribution in [2.24, 2.45) is 5.92 Å². The van der Waals surface area contributed by atoms with Gasteiger partial charge >= 0.3 is 11.9 Å². The third kappa shape index (κ3) is 4.00. The topological polar surface area (TPSA) is 91.3 Å². The molecule has 7 nitrogen and oxygen atoms in total. The van der Waals surface area contributed by atoms with Crippen molar-refractivity contribution in [3.63, 3.8) is 0 Å². The number of aliphatic hydroxyl groups is 1. The van der Waals surface area contributed by atoms with E-state index in [1.165, 1.54) is 6.92 Å². The molecule has 1 N–H and O–H groups in total. The molecule has 0 aromatic rings. The van der Waals surface area contributed by atoms with E-state index in [1.54, 1.807) is 6.92 Å². The van der Waals surface area contributed by atoms with Gasteiger partial charge in [0.15, 0.2) is 5.79 Å². The monoisotopic (exact) mass is 392 g/mol. The van der Waals surface area contributed by atoms with Gasteiger partial charge in [0.1, 0.15) is 25.1 Å². The smallest absolute Gasteiger partial charge is 0.333 e. The first-order valence-electron chi connectivity index (χ1n) is 9.53. The predicted molar refractivity (Wildman–Crippen MR) is 99.8 cm³/mol. The van der Waals surface area contributed by atoms with Gasteiger partial charge in [0, 0.05) is 36.0 Å². The number of hydrogen-bond acceptors (Lipinski definition) is 7. The molecule has 0 aromatic heterocycles. The van der Waals surface area contributed by atoms with Gasteiger partial charge in [-0.1, -0.05) is 13.5 Å². The lowest BCUT2D eigenvalue weighted by atomic mass is 9.86. The Morgan fingerprint density at radius 3 is 2.71 bits per heavy atom. The Labute approximate surface area is 165 Å². The van der Waals surface area contributed by atoms with Crippen LogP contribution in [0.2, 0.25) is 0 Å². The Hall–Kier alpha value is -2.12. The summed E-state index contributed by atoms with van der Waals surface area (Å²) in [6, 6.07) is 0. The molecular weight excluding hydrogens is 364 g/mol. The molecular formula is C21H28O7. The summed E-state index contributed by atoms with van der Waals surface area (Å²) in [5, 5.41) is 11.0. The fourth-order valence-electron chi connectivity index (χ4n) is 3.93. The van der Waals surface area contributed by atoms with Crippen LogP contribution in [0.3, 0.4) is 0 Å². The summed E-state index contributed by atoms with van der Waals surface area (Å²) in [4.78, 5) is 23.6. The van der Waals surface area contributed by atoms with Crippen molar-refractivity contribution < 1.29 is 33.6 Å². The molecule has 1 fully saturated rings. The van der Waals surface area contributed by atoms with Gasteiger partial charge in [0.25, 0.3) is 0 Å². The second kappa shape index (κ2) is 7.37. The molecule has 0 radical (unpaired) electrons. The number of rotatable bonds is 4. The van der Waals surface area contributed by atoms with Crippen LogP contribution in [0.15, 0.2) is 35.1 Å². The Bertz CT molecular complexity index is 765. The summed E-state index contributed by atoms with van der Waals surface area (Å²) in [5.41, 5.74) is 1.00. The highest BCUT2D eigenvalue weighted by Crippen LogP contribution is 2.47. The fraction of sp³-hybridized carbons (Fsp3) is 0.619. The van der Waals surface area contributed by atoms with Crippen LogP contribution in [0.1, 0.15) is 47.0 Å². The highest BCUT2D eigenvalue weighted by molar-refractivity contribution is 5.87. The maximum Gasteiger partial charge on any atom is 0.333 e. The third-order valence-corrected chi connectivity index (χ3v) is 5.58. The molecule has 3 heterocycles. The van der Waals surface area contributed by atoms with Crippen molar-refractivity contribution in [2.75, 3.05) is 13.2 Å². The van der Waals surface area contributed by atoms with E-state index in [1.807, 2.05) is 19.9 Å². The zero-order valence-electron chi connectivity index (χ0n) is 16.9. The van der Waals surface area contributed by atoms with E-state index < -0.39 is 29.4 Å². The van der Waals surface area contributed by atoms with E-state index in [0.29, 0.717) is 30.6 Å². The number of carbonyl (C=O) groups excluding carboxylic acids is 2. The molecule has 0 amide bonds. The first kappa shape index (κ1) is 20.6. The minimum absolute atomic E-state index is 0.0549. The summed E-state index contributed by atoms with van der Waals surface area (Å²) in [6.45, 7) is 10.6. The molecule has 0 unspecified atom stereocenters. The molecule has 1 saturated heterocycles. The molecule has 0 aliphatic carbocycles. The number of ether oxygens (including phenoxy) is 4. The minimum atomic E-state index is -1.31. The second-order valence-electron chi connectivity index (χ2n) is 8.17. The lowest BCUT2D eigenvalue weighted by Crippen LogP contribution is -2.40. The molecule has 0 aromatic carbocycles. The van der Waals surface area contributed by atoms with E-state index in [2.05, 4.69) is 6.58 Å². The van der Waals surface area contributed by atoms with Crippen molar-refractivity contribution in [2.45, 2.75) is 64.4 Å². The standard InChI is InChI=1S/C21H28O7/c1-12(2)19(23)27-16-8-13(3)21(24)7-6-20(5,28-21)9-17-18(16)15(11-26-17)10-25-14(4)22/h9,13,16,24H,1,6-8,10-11H2,2-5H3/b17-9+/t13-,16+,20-,21+/m1/s1.